The first-order chi connectivity index (χ1) is 7.95. The van der Waals surface area contributed by atoms with E-state index in [-0.39, 0.29) is 31.5 Å². The Bertz CT molecular complexity index is 289. The Hall–Kier alpha value is -0.780. The zero-order chi connectivity index (χ0) is 12.5. The number of amides is 1. The van der Waals surface area contributed by atoms with Gasteiger partial charge in [0.15, 0.2) is 0 Å². The zero-order valence-electron chi connectivity index (χ0n) is 9.59. The van der Waals surface area contributed by atoms with Crippen LogP contribution in [-0.2, 0) is 4.79 Å². The lowest BCUT2D eigenvalue weighted by Crippen LogP contribution is -2.46. The quantitative estimate of drug-likeness (QED) is 0.824. The number of rotatable bonds is 3. The van der Waals surface area contributed by atoms with Crippen LogP contribution in [0.1, 0.15) is 25.7 Å². The van der Waals surface area contributed by atoms with E-state index < -0.39 is 12.1 Å². The molecule has 0 radical (unpaired) electrons. The van der Waals surface area contributed by atoms with Crippen molar-refractivity contribution in [3.63, 3.8) is 0 Å². The van der Waals surface area contributed by atoms with Crippen LogP contribution in [0.2, 0.25) is 0 Å². The zero-order valence-corrected chi connectivity index (χ0v) is 9.59. The van der Waals surface area contributed by atoms with Crippen LogP contribution in [0, 0.1) is 5.92 Å². The molecule has 1 amide bonds. The number of carbonyl (C=O) groups is 1. The van der Waals surface area contributed by atoms with Crippen LogP contribution in [0.25, 0.3) is 0 Å². The summed E-state index contributed by atoms with van der Waals surface area (Å²) in [5.41, 5.74) is 0. The van der Waals surface area contributed by atoms with Crippen molar-refractivity contribution in [2.24, 2.45) is 5.92 Å². The van der Waals surface area contributed by atoms with Gasteiger partial charge in [-0.3, -0.25) is 9.69 Å². The second-order valence-corrected chi connectivity index (χ2v) is 4.96. The number of piperidine rings is 1. The van der Waals surface area contributed by atoms with E-state index in [1.54, 1.807) is 4.90 Å². The van der Waals surface area contributed by atoms with E-state index >= 15 is 0 Å². The predicted molar refractivity (Wildman–Crippen MR) is 56.4 cm³/mol. The molecule has 3 nitrogen and oxygen atoms in total. The van der Waals surface area contributed by atoms with Crippen molar-refractivity contribution in [2.75, 3.05) is 19.6 Å². The van der Waals surface area contributed by atoms with Crippen molar-refractivity contribution < 1.29 is 18.0 Å². The molecule has 1 saturated heterocycles. The van der Waals surface area contributed by atoms with Gasteiger partial charge < -0.3 is 5.32 Å². The van der Waals surface area contributed by atoms with Crippen molar-refractivity contribution in [1.29, 1.82) is 0 Å². The maximum Gasteiger partial charge on any atom is 0.393 e. The molecule has 2 rings (SSSR count). The van der Waals surface area contributed by atoms with Gasteiger partial charge in [0.1, 0.15) is 0 Å². The van der Waals surface area contributed by atoms with Crippen LogP contribution in [-0.4, -0.2) is 42.7 Å². The number of likely N-dealkylation sites (tertiary alicyclic amines) is 1. The molecule has 1 atom stereocenters. The molecule has 17 heavy (non-hydrogen) atoms. The lowest BCUT2D eigenvalue weighted by molar-refractivity contribution is -0.187. The molecule has 0 aromatic carbocycles. The van der Waals surface area contributed by atoms with E-state index in [2.05, 4.69) is 5.32 Å². The molecule has 1 aliphatic heterocycles. The number of nitrogens with zero attached hydrogens (tertiary/aromatic N) is 1. The molecule has 1 unspecified atom stereocenters. The van der Waals surface area contributed by atoms with Crippen molar-refractivity contribution in [3.05, 3.63) is 0 Å². The molecule has 0 bridgehead atoms. The summed E-state index contributed by atoms with van der Waals surface area (Å²) in [5.74, 6) is -1.42. The standard InChI is InChI=1S/C11H17F3N2O/c12-11(13,14)8-2-1-5-16(6-8)7-10(17)15-9-3-4-9/h8-9H,1-7H2,(H,15,17). The fraction of sp³-hybridized carbons (Fsp3) is 0.909. The summed E-state index contributed by atoms with van der Waals surface area (Å²) in [4.78, 5) is 13.1. The first-order valence-corrected chi connectivity index (χ1v) is 6.03. The summed E-state index contributed by atoms with van der Waals surface area (Å²) in [5, 5.41) is 2.79. The molecule has 2 aliphatic rings. The van der Waals surface area contributed by atoms with E-state index in [1.165, 1.54) is 0 Å². The topological polar surface area (TPSA) is 32.3 Å². The Morgan fingerprint density at radius 3 is 2.59 bits per heavy atom. The first-order valence-electron chi connectivity index (χ1n) is 6.03. The Morgan fingerprint density at radius 2 is 2.00 bits per heavy atom. The summed E-state index contributed by atoms with van der Waals surface area (Å²) < 4.78 is 37.6. The van der Waals surface area contributed by atoms with Gasteiger partial charge in [0.25, 0.3) is 0 Å². The highest BCUT2D eigenvalue weighted by Gasteiger charge is 2.42. The smallest absolute Gasteiger partial charge is 0.352 e. The summed E-state index contributed by atoms with van der Waals surface area (Å²) in [6.07, 6.45) is -1.44. The average Bonchev–Trinajstić information content (AvgIpc) is 3.00. The minimum absolute atomic E-state index is 0.0401. The second-order valence-electron chi connectivity index (χ2n) is 4.96. The molecule has 2 fully saturated rings. The Kier molecular flexibility index (Phi) is 3.61. The molecular formula is C11H17F3N2O. The minimum Gasteiger partial charge on any atom is -0.352 e. The Labute approximate surface area is 98.3 Å². The number of alkyl halides is 3. The Morgan fingerprint density at radius 1 is 1.29 bits per heavy atom. The SMILES string of the molecule is O=C(CN1CCCC(C(F)(F)F)C1)NC1CC1. The lowest BCUT2D eigenvalue weighted by atomic mass is 9.97. The summed E-state index contributed by atoms with van der Waals surface area (Å²) >= 11 is 0. The van der Waals surface area contributed by atoms with Gasteiger partial charge in [0.2, 0.25) is 5.91 Å². The molecule has 0 spiro atoms. The van der Waals surface area contributed by atoms with Crippen LogP contribution < -0.4 is 5.32 Å². The largest absolute Gasteiger partial charge is 0.393 e. The van der Waals surface area contributed by atoms with Crippen molar-refractivity contribution in [1.82, 2.24) is 10.2 Å². The predicted octanol–water partition coefficient (Wildman–Crippen LogP) is 1.54. The lowest BCUT2D eigenvalue weighted by Gasteiger charge is -2.33. The molecule has 1 N–H and O–H groups in total. The number of hydrogen-bond acceptors (Lipinski definition) is 2. The van der Waals surface area contributed by atoms with Crippen molar-refractivity contribution in [2.45, 2.75) is 37.9 Å². The number of nitrogens with one attached hydrogen (secondary N) is 1. The van der Waals surface area contributed by atoms with Gasteiger partial charge in [-0.15, -0.1) is 0 Å². The molecule has 0 aromatic heterocycles. The fourth-order valence-electron chi connectivity index (χ4n) is 2.17. The highest BCUT2D eigenvalue weighted by molar-refractivity contribution is 5.78. The molecule has 1 aliphatic carbocycles. The number of halogens is 3. The molecule has 98 valence electrons. The van der Waals surface area contributed by atoms with E-state index in [0.717, 1.165) is 12.8 Å². The number of hydrogen-bond donors (Lipinski definition) is 1. The molecule has 0 aromatic rings. The van der Waals surface area contributed by atoms with Crippen molar-refractivity contribution in [3.8, 4) is 0 Å². The van der Waals surface area contributed by atoms with Gasteiger partial charge in [-0.05, 0) is 32.2 Å². The van der Waals surface area contributed by atoms with Gasteiger partial charge in [0.05, 0.1) is 12.5 Å². The monoisotopic (exact) mass is 250 g/mol. The van der Waals surface area contributed by atoms with Crippen LogP contribution in [0.3, 0.4) is 0 Å². The van der Waals surface area contributed by atoms with E-state index in [0.29, 0.717) is 13.0 Å². The third-order valence-corrected chi connectivity index (χ3v) is 3.28. The maximum atomic E-state index is 12.5. The van der Waals surface area contributed by atoms with Crippen LogP contribution in [0.4, 0.5) is 13.2 Å². The minimum atomic E-state index is -4.13. The van der Waals surface area contributed by atoms with Crippen molar-refractivity contribution >= 4 is 5.91 Å². The third-order valence-electron chi connectivity index (χ3n) is 3.28. The average molecular weight is 250 g/mol. The van der Waals surface area contributed by atoms with Gasteiger partial charge in [0, 0.05) is 12.6 Å². The van der Waals surface area contributed by atoms with Crippen LogP contribution in [0.5, 0.6) is 0 Å². The van der Waals surface area contributed by atoms with Crippen LogP contribution in [0.15, 0.2) is 0 Å². The van der Waals surface area contributed by atoms with Gasteiger partial charge >= 0.3 is 6.18 Å². The van der Waals surface area contributed by atoms with E-state index in [9.17, 15) is 18.0 Å². The van der Waals surface area contributed by atoms with Gasteiger partial charge in [-0.25, -0.2) is 0 Å². The molecular weight excluding hydrogens is 233 g/mol. The molecule has 1 heterocycles. The summed E-state index contributed by atoms with van der Waals surface area (Å²) in [7, 11) is 0. The van der Waals surface area contributed by atoms with Gasteiger partial charge in [-0.2, -0.15) is 13.2 Å². The second kappa shape index (κ2) is 4.84. The molecule has 6 heteroatoms. The maximum absolute atomic E-state index is 12.5. The van der Waals surface area contributed by atoms with E-state index in [1.807, 2.05) is 0 Å². The fourth-order valence-corrected chi connectivity index (χ4v) is 2.17. The first kappa shape index (κ1) is 12.7. The summed E-state index contributed by atoms with van der Waals surface area (Å²) in [6, 6.07) is 0.269. The van der Waals surface area contributed by atoms with Crippen LogP contribution >= 0.6 is 0 Å². The van der Waals surface area contributed by atoms with Gasteiger partial charge in [-0.1, -0.05) is 0 Å². The summed E-state index contributed by atoms with van der Waals surface area (Å²) in [6.45, 7) is 0.648. The molecule has 1 saturated carbocycles. The normalized spacial score (nSPS) is 26.9. The van der Waals surface area contributed by atoms with E-state index in [4.69, 9.17) is 0 Å². The Balaban J connectivity index is 1.78. The third kappa shape index (κ3) is 3.87. The highest BCUT2D eigenvalue weighted by Crippen LogP contribution is 2.32. The number of carbonyl (C=O) groups excluding carboxylic acids is 1. The highest BCUT2D eigenvalue weighted by atomic mass is 19.4.